The van der Waals surface area contributed by atoms with Gasteiger partial charge in [0, 0.05) is 13.1 Å². The third-order valence-corrected chi connectivity index (χ3v) is 12.8. The lowest BCUT2D eigenvalue weighted by Crippen LogP contribution is -2.58. The highest BCUT2D eigenvalue weighted by atomic mass is 35.5. The summed E-state index contributed by atoms with van der Waals surface area (Å²) in [4.78, 5) is 5.47. The monoisotopic (exact) mass is 350 g/mol. The topological polar surface area (TPSA) is 6.48 Å². The first kappa shape index (κ1) is 14.8. The lowest BCUT2D eigenvalue weighted by Gasteiger charge is -2.53. The van der Waals surface area contributed by atoms with E-state index in [9.17, 15) is 0 Å². The van der Waals surface area contributed by atoms with E-state index in [1.807, 2.05) is 0 Å². The molecular weight excluding hydrogens is 328 g/mol. The van der Waals surface area contributed by atoms with Gasteiger partial charge < -0.3 is 9.80 Å². The Bertz CT molecular complexity index is 360. The molecule has 7 saturated heterocycles. The number of halogens is 1. The molecule has 0 aromatic rings. The fourth-order valence-electron chi connectivity index (χ4n) is 4.83. The van der Waals surface area contributed by atoms with Crippen LogP contribution in [0.4, 0.5) is 0 Å². The summed E-state index contributed by atoms with van der Waals surface area (Å²) in [5.41, 5.74) is 0. The zero-order valence-electron chi connectivity index (χ0n) is 11.8. The summed E-state index contributed by atoms with van der Waals surface area (Å²) in [6.07, 6.45) is 5.85. The van der Waals surface area contributed by atoms with Crippen molar-refractivity contribution >= 4 is 45.8 Å². The van der Waals surface area contributed by atoms with Crippen molar-refractivity contribution in [2.45, 2.75) is 33.8 Å². The molecule has 2 spiro atoms. The van der Waals surface area contributed by atoms with Gasteiger partial charge in [0.1, 0.15) is 0 Å². The van der Waals surface area contributed by atoms with Gasteiger partial charge in [-0.1, -0.05) is 21.6 Å². The molecule has 20 heavy (non-hydrogen) atoms. The van der Waals surface area contributed by atoms with Gasteiger partial charge in [-0.05, 0) is 63.7 Å². The maximum absolute atomic E-state index is 2.74. The number of thioether (sulfide) groups is 1. The first-order valence-electron chi connectivity index (χ1n) is 7.80. The second-order valence-corrected chi connectivity index (χ2v) is 12.0. The molecule has 0 radical (unpaired) electrons. The summed E-state index contributed by atoms with van der Waals surface area (Å²) in [5, 5.41) is 0. The third kappa shape index (κ3) is 2.03. The molecule has 7 heterocycles. The number of fused-ring (bicyclic) bond motifs is 4. The summed E-state index contributed by atoms with van der Waals surface area (Å²) in [7, 11) is 4.57. The Kier molecular flexibility index (Phi) is 3.81. The van der Waals surface area contributed by atoms with E-state index in [1.165, 1.54) is 65.0 Å². The number of rotatable bonds is 0. The normalized spacial score (nSPS) is 56.4. The van der Waals surface area contributed by atoms with Crippen LogP contribution in [-0.2, 0) is 0 Å². The SMILES string of the molecule is C1CN2CCC1C1(C2)SSC2(CN3CCC2CC3)S1.Cl. The van der Waals surface area contributed by atoms with Gasteiger partial charge in [0.05, 0.1) is 8.16 Å². The maximum atomic E-state index is 2.74. The Balaban J connectivity index is 0.00000106. The Hall–Kier alpha value is 1.26. The third-order valence-electron chi connectivity index (χ3n) is 5.98. The van der Waals surface area contributed by atoms with E-state index in [-0.39, 0.29) is 12.4 Å². The van der Waals surface area contributed by atoms with Crippen molar-refractivity contribution in [3.05, 3.63) is 0 Å². The van der Waals surface area contributed by atoms with Crippen LogP contribution in [-0.4, -0.2) is 57.2 Å². The fourth-order valence-corrected chi connectivity index (χ4v) is 12.7. The van der Waals surface area contributed by atoms with Gasteiger partial charge in [-0.25, -0.2) is 0 Å². The van der Waals surface area contributed by atoms with Crippen molar-refractivity contribution in [2.75, 3.05) is 39.3 Å². The summed E-state index contributed by atoms with van der Waals surface area (Å²) in [6, 6.07) is 0. The van der Waals surface area contributed by atoms with E-state index in [1.54, 1.807) is 0 Å². The van der Waals surface area contributed by atoms with Gasteiger partial charge >= 0.3 is 0 Å². The van der Waals surface area contributed by atoms with Gasteiger partial charge in [-0.15, -0.1) is 24.2 Å². The highest BCUT2D eigenvalue weighted by molar-refractivity contribution is 8.83. The first-order chi connectivity index (χ1) is 9.28. The van der Waals surface area contributed by atoms with E-state index in [2.05, 4.69) is 43.1 Å². The van der Waals surface area contributed by atoms with Crippen LogP contribution in [0, 0.1) is 11.8 Å². The van der Waals surface area contributed by atoms with Crippen molar-refractivity contribution in [1.82, 2.24) is 9.80 Å². The lowest BCUT2D eigenvalue weighted by atomic mass is 9.87. The fraction of sp³-hybridized carbons (Fsp3) is 1.00. The molecule has 4 bridgehead atoms. The molecule has 2 nitrogen and oxygen atoms in total. The van der Waals surface area contributed by atoms with Crippen LogP contribution < -0.4 is 0 Å². The number of hydrogen-bond donors (Lipinski definition) is 0. The molecule has 0 amide bonds. The number of piperidine rings is 6. The molecule has 114 valence electrons. The highest BCUT2D eigenvalue weighted by Gasteiger charge is 2.62. The van der Waals surface area contributed by atoms with Crippen LogP contribution in [0.25, 0.3) is 0 Å². The predicted octanol–water partition coefficient (Wildman–Crippen LogP) is 3.38. The lowest BCUT2D eigenvalue weighted by molar-refractivity contribution is 0.0973. The number of hydrogen-bond acceptors (Lipinski definition) is 5. The number of nitrogens with zero attached hydrogens (tertiary/aromatic N) is 2. The van der Waals surface area contributed by atoms with Crippen molar-refractivity contribution in [1.29, 1.82) is 0 Å². The second kappa shape index (κ2) is 5.13. The van der Waals surface area contributed by atoms with Crippen molar-refractivity contribution in [3.8, 4) is 0 Å². The van der Waals surface area contributed by atoms with Gasteiger partial charge in [-0.3, -0.25) is 0 Å². The Labute approximate surface area is 140 Å². The van der Waals surface area contributed by atoms with Gasteiger partial charge in [0.15, 0.2) is 0 Å². The van der Waals surface area contributed by atoms with Crippen LogP contribution in [0.1, 0.15) is 25.7 Å². The van der Waals surface area contributed by atoms with Gasteiger partial charge in [0.2, 0.25) is 0 Å². The Morgan fingerprint density at radius 1 is 0.700 bits per heavy atom. The summed E-state index contributed by atoms with van der Waals surface area (Å²) < 4.78 is 1.11. The average Bonchev–Trinajstić information content (AvgIpc) is 2.80. The van der Waals surface area contributed by atoms with Crippen LogP contribution in [0.3, 0.4) is 0 Å². The molecule has 6 heteroatoms. The van der Waals surface area contributed by atoms with Crippen LogP contribution >= 0.6 is 45.8 Å². The Morgan fingerprint density at radius 3 is 1.40 bits per heavy atom. The predicted molar refractivity (Wildman–Crippen MR) is 93.8 cm³/mol. The van der Waals surface area contributed by atoms with Crippen molar-refractivity contribution < 1.29 is 0 Å². The highest BCUT2D eigenvalue weighted by Crippen LogP contribution is 2.73. The molecule has 0 aromatic heterocycles. The van der Waals surface area contributed by atoms with Crippen LogP contribution in [0.2, 0.25) is 0 Å². The molecule has 7 rings (SSSR count). The zero-order valence-corrected chi connectivity index (χ0v) is 15.0. The molecule has 2 atom stereocenters. The van der Waals surface area contributed by atoms with Crippen molar-refractivity contribution in [2.24, 2.45) is 11.8 Å². The summed E-state index contributed by atoms with van der Waals surface area (Å²) >= 11 is 2.43. The zero-order chi connectivity index (χ0) is 12.5. The van der Waals surface area contributed by atoms with Crippen molar-refractivity contribution in [3.63, 3.8) is 0 Å². The first-order valence-corrected chi connectivity index (χ1v) is 10.8. The minimum atomic E-state index is 0. The van der Waals surface area contributed by atoms with E-state index < -0.39 is 0 Å². The molecule has 2 unspecified atom stereocenters. The molecule has 7 fully saturated rings. The summed E-state index contributed by atoms with van der Waals surface area (Å²) in [6.45, 7) is 8.24. The smallest absolute Gasteiger partial charge is 0.0884 e. The molecule has 7 aliphatic heterocycles. The van der Waals surface area contributed by atoms with Crippen LogP contribution in [0.15, 0.2) is 0 Å². The molecular formula is C14H23ClN2S3. The molecule has 0 saturated carbocycles. The minimum absolute atomic E-state index is 0. The maximum Gasteiger partial charge on any atom is 0.0884 e. The van der Waals surface area contributed by atoms with E-state index in [0.717, 1.165) is 11.8 Å². The molecule has 0 N–H and O–H groups in total. The molecule has 7 aliphatic rings. The second-order valence-electron chi connectivity index (χ2n) is 6.99. The summed E-state index contributed by atoms with van der Waals surface area (Å²) in [5.74, 6) is 1.99. The Morgan fingerprint density at radius 2 is 1.10 bits per heavy atom. The van der Waals surface area contributed by atoms with Gasteiger partial charge in [0.25, 0.3) is 0 Å². The minimum Gasteiger partial charge on any atom is -0.301 e. The largest absolute Gasteiger partial charge is 0.301 e. The standard InChI is InChI=1S/C14H22N2S3.ClH/c1-5-15-6-2-11(1)13(9-15)17-14(19-18-13)10-16-7-3-12(14)4-8-16;/h11-12H,1-10H2;1H. The van der Waals surface area contributed by atoms with E-state index >= 15 is 0 Å². The molecule has 0 aromatic carbocycles. The van der Waals surface area contributed by atoms with Crippen LogP contribution in [0.5, 0.6) is 0 Å². The van der Waals surface area contributed by atoms with E-state index in [4.69, 9.17) is 0 Å². The average molecular weight is 351 g/mol. The quantitative estimate of drug-likeness (QED) is 0.616. The van der Waals surface area contributed by atoms with E-state index in [0.29, 0.717) is 8.16 Å². The van der Waals surface area contributed by atoms with Gasteiger partial charge in [-0.2, -0.15) is 0 Å². The molecule has 0 aliphatic carbocycles.